The van der Waals surface area contributed by atoms with Crippen LogP contribution in [0.5, 0.6) is 0 Å². The van der Waals surface area contributed by atoms with Crippen molar-refractivity contribution < 1.29 is 4.92 Å². The standard InChI is InChI=1S/C6H10N2O2/c1-7-2-4-5(3-7)6(4)8(9)10/h4-6H,2-3H2,1H3/t4-,5?,6+/m0/s1. The maximum absolute atomic E-state index is 10.3. The molecule has 1 aliphatic heterocycles. The van der Waals surface area contributed by atoms with Crippen molar-refractivity contribution in [1.29, 1.82) is 0 Å². The summed E-state index contributed by atoms with van der Waals surface area (Å²) in [7, 11) is 2.02. The highest BCUT2D eigenvalue weighted by Gasteiger charge is 2.63. The van der Waals surface area contributed by atoms with E-state index in [1.165, 1.54) is 0 Å². The molecular weight excluding hydrogens is 132 g/mol. The number of fused-ring (bicyclic) bond motifs is 1. The van der Waals surface area contributed by atoms with Crippen LogP contribution in [0.4, 0.5) is 0 Å². The normalized spacial score (nSPS) is 45.1. The van der Waals surface area contributed by atoms with Crippen LogP contribution in [0.3, 0.4) is 0 Å². The van der Waals surface area contributed by atoms with E-state index in [1.807, 2.05) is 7.05 Å². The number of nitro groups is 1. The lowest BCUT2D eigenvalue weighted by Gasteiger charge is -2.08. The molecule has 0 spiro atoms. The average Bonchev–Trinajstić information content (AvgIpc) is 2.32. The molecule has 2 aliphatic rings. The van der Waals surface area contributed by atoms with Crippen molar-refractivity contribution in [2.75, 3.05) is 20.1 Å². The van der Waals surface area contributed by atoms with E-state index in [1.54, 1.807) is 0 Å². The smallest absolute Gasteiger partial charge is 0.222 e. The summed E-state index contributed by atoms with van der Waals surface area (Å²) in [6.07, 6.45) is 0. The van der Waals surface area contributed by atoms with Crippen molar-refractivity contribution in [2.24, 2.45) is 11.8 Å². The molecule has 1 saturated carbocycles. The molecule has 1 unspecified atom stereocenters. The van der Waals surface area contributed by atoms with E-state index in [-0.39, 0.29) is 11.0 Å². The number of hydrogen-bond acceptors (Lipinski definition) is 3. The Morgan fingerprint density at radius 2 is 2.00 bits per heavy atom. The van der Waals surface area contributed by atoms with Gasteiger partial charge in [0.2, 0.25) is 6.04 Å². The van der Waals surface area contributed by atoms with Crippen LogP contribution in [-0.2, 0) is 0 Å². The van der Waals surface area contributed by atoms with Gasteiger partial charge >= 0.3 is 0 Å². The lowest BCUT2D eigenvalue weighted by atomic mass is 10.4. The molecule has 0 radical (unpaired) electrons. The molecule has 0 aromatic heterocycles. The molecule has 1 aliphatic carbocycles. The quantitative estimate of drug-likeness (QED) is 0.377. The van der Waals surface area contributed by atoms with Gasteiger partial charge in [0, 0.05) is 18.0 Å². The van der Waals surface area contributed by atoms with Gasteiger partial charge in [-0.2, -0.15) is 0 Å². The van der Waals surface area contributed by atoms with Gasteiger partial charge in [0.1, 0.15) is 0 Å². The maximum atomic E-state index is 10.3. The molecule has 0 aromatic rings. The molecule has 0 aromatic carbocycles. The number of nitrogens with zero attached hydrogens (tertiary/aromatic N) is 2. The van der Waals surface area contributed by atoms with Gasteiger partial charge in [-0.15, -0.1) is 0 Å². The Bertz CT molecular complexity index is 171. The van der Waals surface area contributed by atoms with Crippen molar-refractivity contribution >= 4 is 0 Å². The minimum absolute atomic E-state index is 0.123. The summed E-state index contributed by atoms with van der Waals surface area (Å²) in [4.78, 5) is 12.3. The predicted octanol–water partition coefficient (Wildman–Crippen LogP) is -0.177. The van der Waals surface area contributed by atoms with E-state index in [4.69, 9.17) is 0 Å². The third-order valence-electron chi connectivity index (χ3n) is 2.57. The lowest BCUT2D eigenvalue weighted by molar-refractivity contribution is -0.502. The summed E-state index contributed by atoms with van der Waals surface area (Å²) in [5.74, 6) is 0.750. The Morgan fingerprint density at radius 1 is 1.50 bits per heavy atom. The lowest BCUT2D eigenvalue weighted by Crippen LogP contribution is -2.23. The molecular formula is C6H10N2O2. The fraction of sp³-hybridized carbons (Fsp3) is 1.00. The van der Waals surface area contributed by atoms with E-state index in [0.717, 1.165) is 13.1 Å². The summed E-state index contributed by atoms with van der Waals surface area (Å²) in [6.45, 7) is 1.85. The van der Waals surface area contributed by atoms with Gasteiger partial charge in [-0.1, -0.05) is 0 Å². The Morgan fingerprint density at radius 3 is 2.40 bits per heavy atom. The SMILES string of the molecule is CN1CC2[C@H](C1)[C@H]2[N+](=O)[O-]. The highest BCUT2D eigenvalue weighted by atomic mass is 16.6. The van der Waals surface area contributed by atoms with E-state index in [9.17, 15) is 10.1 Å². The summed E-state index contributed by atoms with van der Waals surface area (Å²) >= 11 is 0. The van der Waals surface area contributed by atoms with Crippen molar-refractivity contribution in [3.8, 4) is 0 Å². The minimum atomic E-state index is -0.198. The Labute approximate surface area is 59.0 Å². The van der Waals surface area contributed by atoms with Gasteiger partial charge in [-0.25, -0.2) is 0 Å². The Kier molecular flexibility index (Phi) is 1.03. The van der Waals surface area contributed by atoms with E-state index < -0.39 is 0 Å². The first-order valence-electron chi connectivity index (χ1n) is 3.52. The minimum Gasteiger partial charge on any atom is -0.305 e. The van der Waals surface area contributed by atoms with Crippen LogP contribution in [0.1, 0.15) is 0 Å². The zero-order valence-electron chi connectivity index (χ0n) is 5.86. The fourth-order valence-corrected chi connectivity index (χ4v) is 2.02. The van der Waals surface area contributed by atoms with Crippen LogP contribution in [0, 0.1) is 22.0 Å². The third kappa shape index (κ3) is 0.653. The van der Waals surface area contributed by atoms with Crippen molar-refractivity contribution in [3.05, 3.63) is 10.1 Å². The highest BCUT2D eigenvalue weighted by Crippen LogP contribution is 2.46. The number of piperidine rings is 1. The molecule has 0 N–H and O–H groups in total. The summed E-state index contributed by atoms with van der Waals surface area (Å²) in [5.41, 5.74) is 0. The van der Waals surface area contributed by atoms with Crippen LogP contribution in [-0.4, -0.2) is 36.0 Å². The molecule has 1 saturated heterocycles. The van der Waals surface area contributed by atoms with Gasteiger partial charge in [0.15, 0.2) is 0 Å². The predicted molar refractivity (Wildman–Crippen MR) is 35.3 cm³/mol. The molecule has 2 rings (SSSR count). The second kappa shape index (κ2) is 1.69. The van der Waals surface area contributed by atoms with Crippen LogP contribution in [0.25, 0.3) is 0 Å². The monoisotopic (exact) mass is 142 g/mol. The van der Waals surface area contributed by atoms with Crippen molar-refractivity contribution in [2.45, 2.75) is 6.04 Å². The van der Waals surface area contributed by atoms with Gasteiger partial charge in [-0.05, 0) is 7.05 Å². The zero-order valence-corrected chi connectivity index (χ0v) is 5.86. The first-order valence-corrected chi connectivity index (χ1v) is 3.52. The molecule has 4 nitrogen and oxygen atoms in total. The number of rotatable bonds is 1. The second-order valence-corrected chi connectivity index (χ2v) is 3.32. The summed E-state index contributed by atoms with van der Waals surface area (Å²) in [5, 5.41) is 10.3. The summed E-state index contributed by atoms with van der Waals surface area (Å²) in [6, 6.07) is -0.198. The van der Waals surface area contributed by atoms with Gasteiger partial charge in [0.05, 0.1) is 11.8 Å². The highest BCUT2D eigenvalue weighted by molar-refractivity contribution is 5.05. The molecule has 56 valence electrons. The topological polar surface area (TPSA) is 46.4 Å². The Hall–Kier alpha value is -0.640. The van der Waals surface area contributed by atoms with Crippen LogP contribution >= 0.6 is 0 Å². The van der Waals surface area contributed by atoms with Gasteiger partial charge in [-0.3, -0.25) is 10.1 Å². The molecule has 3 atom stereocenters. The summed E-state index contributed by atoms with van der Waals surface area (Å²) < 4.78 is 0. The largest absolute Gasteiger partial charge is 0.305 e. The van der Waals surface area contributed by atoms with Crippen LogP contribution < -0.4 is 0 Å². The Balaban J connectivity index is 1.98. The number of hydrogen-bond donors (Lipinski definition) is 0. The first kappa shape index (κ1) is 6.09. The molecule has 10 heavy (non-hydrogen) atoms. The molecule has 0 bridgehead atoms. The third-order valence-corrected chi connectivity index (χ3v) is 2.57. The van der Waals surface area contributed by atoms with E-state index in [0.29, 0.717) is 11.8 Å². The molecule has 2 fully saturated rings. The molecule has 0 amide bonds. The van der Waals surface area contributed by atoms with E-state index in [2.05, 4.69) is 4.90 Å². The van der Waals surface area contributed by atoms with Gasteiger partial charge in [0.25, 0.3) is 0 Å². The van der Waals surface area contributed by atoms with E-state index >= 15 is 0 Å². The molecule has 1 heterocycles. The van der Waals surface area contributed by atoms with Crippen molar-refractivity contribution in [3.63, 3.8) is 0 Å². The second-order valence-electron chi connectivity index (χ2n) is 3.32. The molecule has 4 heteroatoms. The first-order chi connectivity index (χ1) is 4.70. The number of likely N-dealkylation sites (tertiary alicyclic amines) is 1. The average molecular weight is 142 g/mol. The fourth-order valence-electron chi connectivity index (χ4n) is 2.02. The van der Waals surface area contributed by atoms with Crippen molar-refractivity contribution in [1.82, 2.24) is 4.90 Å². The van der Waals surface area contributed by atoms with Crippen LogP contribution in [0.15, 0.2) is 0 Å². The van der Waals surface area contributed by atoms with Gasteiger partial charge < -0.3 is 4.90 Å². The maximum Gasteiger partial charge on any atom is 0.222 e. The zero-order chi connectivity index (χ0) is 7.30. The van der Waals surface area contributed by atoms with Crippen LogP contribution in [0.2, 0.25) is 0 Å².